The molecule has 0 aliphatic carbocycles. The predicted molar refractivity (Wildman–Crippen MR) is 57.2 cm³/mol. The minimum absolute atomic E-state index is 0.143. The van der Waals surface area contributed by atoms with Crippen molar-refractivity contribution in [3.05, 3.63) is 35.4 Å². The average molecular weight is 204 g/mol. The van der Waals surface area contributed by atoms with Crippen LogP contribution >= 0.6 is 0 Å². The van der Waals surface area contributed by atoms with Crippen LogP contribution in [-0.4, -0.2) is 12.0 Å². The highest BCUT2D eigenvalue weighted by molar-refractivity contribution is 5.97. The Kier molecular flexibility index (Phi) is 2.29. The van der Waals surface area contributed by atoms with Gasteiger partial charge < -0.3 is 11.1 Å². The van der Waals surface area contributed by atoms with Gasteiger partial charge in [0.1, 0.15) is 0 Å². The fourth-order valence-corrected chi connectivity index (χ4v) is 1.39. The molecule has 1 atom stereocenters. The van der Waals surface area contributed by atoms with Crippen molar-refractivity contribution in [1.82, 2.24) is 10.6 Å². The van der Waals surface area contributed by atoms with E-state index in [-0.39, 0.29) is 18.2 Å². The van der Waals surface area contributed by atoms with E-state index in [1.165, 1.54) is 0 Å². The Labute approximate surface area is 87.4 Å². The molecule has 0 radical (unpaired) electrons. The first-order valence-corrected chi connectivity index (χ1v) is 4.62. The Morgan fingerprint density at radius 1 is 1.33 bits per heavy atom. The molecule has 0 bridgehead atoms. The van der Waals surface area contributed by atoms with Crippen LogP contribution in [0.1, 0.15) is 17.3 Å². The Hall–Kier alpha value is -2.04. The SMILES string of the molecule is Cc1ccc([C@H]2N=C(N)NC(=O)N2)cc1. The average Bonchev–Trinajstić information content (AvgIpc) is 2.17. The minimum Gasteiger partial charge on any atom is -0.370 e. The molecule has 0 spiro atoms. The van der Waals surface area contributed by atoms with Crippen LogP contribution in [-0.2, 0) is 0 Å². The Balaban J connectivity index is 2.27. The lowest BCUT2D eigenvalue weighted by atomic mass is 10.1. The molecule has 5 heteroatoms. The number of urea groups is 1. The number of carbonyl (C=O) groups is 1. The number of nitrogens with zero attached hydrogens (tertiary/aromatic N) is 1. The van der Waals surface area contributed by atoms with E-state index in [9.17, 15) is 4.79 Å². The molecule has 0 aromatic heterocycles. The van der Waals surface area contributed by atoms with Crippen LogP contribution in [0.25, 0.3) is 0 Å². The van der Waals surface area contributed by atoms with E-state index in [0.29, 0.717) is 0 Å². The number of carbonyl (C=O) groups excluding carboxylic acids is 1. The highest BCUT2D eigenvalue weighted by Crippen LogP contribution is 2.16. The fraction of sp³-hybridized carbons (Fsp3) is 0.200. The van der Waals surface area contributed by atoms with Crippen LogP contribution in [0.3, 0.4) is 0 Å². The van der Waals surface area contributed by atoms with E-state index in [1.807, 2.05) is 31.2 Å². The van der Waals surface area contributed by atoms with E-state index in [4.69, 9.17) is 5.73 Å². The summed E-state index contributed by atoms with van der Waals surface area (Å²) in [6.45, 7) is 2.00. The second-order valence-electron chi connectivity index (χ2n) is 3.43. The van der Waals surface area contributed by atoms with Crippen LogP contribution in [0.15, 0.2) is 29.3 Å². The Bertz CT molecular complexity index is 410. The standard InChI is InChI=1S/C10H12N4O/c1-6-2-4-7(5-3-6)8-12-9(11)14-10(15)13-8/h2-5,8H,1H3,(H4,11,12,13,14,15)/t8-/m0/s1. The molecular weight excluding hydrogens is 192 g/mol. The van der Waals surface area contributed by atoms with Crippen LogP contribution < -0.4 is 16.4 Å². The van der Waals surface area contributed by atoms with Gasteiger partial charge in [-0.2, -0.15) is 0 Å². The highest BCUT2D eigenvalue weighted by atomic mass is 16.2. The molecular formula is C10H12N4O. The van der Waals surface area contributed by atoms with Gasteiger partial charge >= 0.3 is 6.03 Å². The summed E-state index contributed by atoms with van der Waals surface area (Å²) in [6.07, 6.45) is -0.389. The van der Waals surface area contributed by atoms with Gasteiger partial charge in [-0.1, -0.05) is 29.8 Å². The van der Waals surface area contributed by atoms with Gasteiger partial charge in [0.05, 0.1) is 0 Å². The van der Waals surface area contributed by atoms with E-state index in [0.717, 1.165) is 11.1 Å². The first-order chi connectivity index (χ1) is 7.15. The fourth-order valence-electron chi connectivity index (χ4n) is 1.39. The second kappa shape index (κ2) is 3.61. The smallest absolute Gasteiger partial charge is 0.323 e. The van der Waals surface area contributed by atoms with Gasteiger partial charge in [0.25, 0.3) is 0 Å². The molecule has 1 aromatic carbocycles. The van der Waals surface area contributed by atoms with Gasteiger partial charge in [0, 0.05) is 0 Å². The van der Waals surface area contributed by atoms with Crippen molar-refractivity contribution in [1.29, 1.82) is 0 Å². The van der Waals surface area contributed by atoms with E-state index in [1.54, 1.807) is 0 Å². The summed E-state index contributed by atoms with van der Waals surface area (Å²) in [7, 11) is 0. The number of guanidine groups is 1. The molecule has 0 fully saturated rings. The maximum atomic E-state index is 11.1. The van der Waals surface area contributed by atoms with Gasteiger partial charge in [-0.15, -0.1) is 0 Å². The number of nitrogens with two attached hydrogens (primary N) is 1. The molecule has 0 saturated carbocycles. The number of aryl methyl sites for hydroxylation is 1. The summed E-state index contributed by atoms with van der Waals surface area (Å²) in [5.41, 5.74) is 7.54. The van der Waals surface area contributed by atoms with Gasteiger partial charge in [0.15, 0.2) is 12.1 Å². The summed E-state index contributed by atoms with van der Waals surface area (Å²) in [5.74, 6) is 0.143. The quantitative estimate of drug-likeness (QED) is 0.627. The van der Waals surface area contributed by atoms with Crippen LogP contribution in [0.5, 0.6) is 0 Å². The molecule has 1 heterocycles. The molecule has 0 saturated heterocycles. The van der Waals surface area contributed by atoms with E-state index in [2.05, 4.69) is 15.6 Å². The lowest BCUT2D eigenvalue weighted by Crippen LogP contribution is -2.49. The maximum Gasteiger partial charge on any atom is 0.323 e. The molecule has 1 aliphatic rings. The number of hydrogen-bond donors (Lipinski definition) is 3. The van der Waals surface area contributed by atoms with Crippen LogP contribution in [0.2, 0.25) is 0 Å². The molecule has 78 valence electrons. The molecule has 4 N–H and O–H groups in total. The lowest BCUT2D eigenvalue weighted by molar-refractivity contribution is 0.240. The molecule has 5 nitrogen and oxygen atoms in total. The molecule has 1 aromatic rings. The number of hydrogen-bond acceptors (Lipinski definition) is 3. The van der Waals surface area contributed by atoms with Crippen molar-refractivity contribution in [3.63, 3.8) is 0 Å². The largest absolute Gasteiger partial charge is 0.370 e. The monoisotopic (exact) mass is 204 g/mol. The number of rotatable bonds is 1. The Morgan fingerprint density at radius 2 is 2.00 bits per heavy atom. The van der Waals surface area contributed by atoms with Crippen molar-refractivity contribution in [3.8, 4) is 0 Å². The van der Waals surface area contributed by atoms with Crippen LogP contribution in [0, 0.1) is 6.92 Å². The topological polar surface area (TPSA) is 79.5 Å². The van der Waals surface area contributed by atoms with Crippen molar-refractivity contribution >= 4 is 12.0 Å². The van der Waals surface area contributed by atoms with Crippen molar-refractivity contribution < 1.29 is 4.79 Å². The van der Waals surface area contributed by atoms with Gasteiger partial charge in [-0.3, -0.25) is 5.32 Å². The first kappa shape index (κ1) is 9.51. The zero-order valence-electron chi connectivity index (χ0n) is 8.32. The predicted octanol–water partition coefficient (Wildman–Crippen LogP) is 0.621. The number of amides is 2. The van der Waals surface area contributed by atoms with Crippen molar-refractivity contribution in [2.75, 3.05) is 0 Å². The second-order valence-corrected chi connectivity index (χ2v) is 3.43. The third kappa shape index (κ3) is 2.07. The molecule has 2 rings (SSSR count). The summed E-state index contributed by atoms with van der Waals surface area (Å²) in [5, 5.41) is 5.03. The van der Waals surface area contributed by atoms with Crippen molar-refractivity contribution in [2.24, 2.45) is 10.7 Å². The zero-order chi connectivity index (χ0) is 10.8. The van der Waals surface area contributed by atoms with Gasteiger partial charge in [-0.05, 0) is 12.5 Å². The summed E-state index contributed by atoms with van der Waals surface area (Å²) < 4.78 is 0. The Morgan fingerprint density at radius 3 is 2.60 bits per heavy atom. The number of benzene rings is 1. The zero-order valence-corrected chi connectivity index (χ0v) is 8.32. The third-order valence-corrected chi connectivity index (χ3v) is 2.17. The van der Waals surface area contributed by atoms with Crippen LogP contribution in [0.4, 0.5) is 4.79 Å². The highest BCUT2D eigenvalue weighted by Gasteiger charge is 2.18. The molecule has 0 unspecified atom stereocenters. The minimum atomic E-state index is -0.389. The van der Waals surface area contributed by atoms with E-state index < -0.39 is 0 Å². The van der Waals surface area contributed by atoms with E-state index >= 15 is 0 Å². The summed E-state index contributed by atoms with van der Waals surface area (Å²) in [6, 6.07) is 7.45. The van der Waals surface area contributed by atoms with Gasteiger partial charge in [0.2, 0.25) is 0 Å². The summed E-state index contributed by atoms with van der Waals surface area (Å²) >= 11 is 0. The third-order valence-electron chi connectivity index (χ3n) is 2.17. The normalized spacial score (nSPS) is 20.2. The van der Waals surface area contributed by atoms with Gasteiger partial charge in [-0.25, -0.2) is 9.79 Å². The molecule has 15 heavy (non-hydrogen) atoms. The van der Waals surface area contributed by atoms with Crippen molar-refractivity contribution in [2.45, 2.75) is 13.1 Å². The maximum absolute atomic E-state index is 11.1. The molecule has 1 aliphatic heterocycles. The number of nitrogens with one attached hydrogen (secondary N) is 2. The first-order valence-electron chi connectivity index (χ1n) is 4.62. The summed E-state index contributed by atoms with van der Waals surface area (Å²) in [4.78, 5) is 15.2. The molecule has 2 amide bonds. The number of aliphatic imine (C=N–C) groups is 1. The lowest BCUT2D eigenvalue weighted by Gasteiger charge is -2.21.